The van der Waals surface area contributed by atoms with Crippen molar-refractivity contribution in [1.29, 1.82) is 0 Å². The van der Waals surface area contributed by atoms with Gasteiger partial charge in [-0.1, -0.05) is 97.8 Å². The summed E-state index contributed by atoms with van der Waals surface area (Å²) < 4.78 is 0. The van der Waals surface area contributed by atoms with Crippen LogP contribution in [0.1, 0.15) is 72.2 Å². The lowest BCUT2D eigenvalue weighted by Gasteiger charge is -2.44. The number of nitrogens with zero attached hydrogens (tertiary/aromatic N) is 2. The van der Waals surface area contributed by atoms with Crippen molar-refractivity contribution in [2.75, 3.05) is 9.80 Å². The Hall–Kier alpha value is -3.52. The lowest BCUT2D eigenvalue weighted by molar-refractivity contribution is 0.276. The van der Waals surface area contributed by atoms with Crippen LogP contribution in [0, 0.1) is 26.7 Å². The number of hydrogen-bond donors (Lipinski definition) is 0. The lowest BCUT2D eigenvalue weighted by atomic mass is 9.61. The average molecular weight is 513 g/mol. The number of anilines is 2. The molecule has 0 aromatic heterocycles. The van der Waals surface area contributed by atoms with Gasteiger partial charge in [0.25, 0.3) is 0 Å². The van der Waals surface area contributed by atoms with Crippen LogP contribution in [0.4, 0.5) is 11.4 Å². The van der Waals surface area contributed by atoms with Gasteiger partial charge in [-0.25, -0.2) is 0 Å². The molecule has 2 aliphatic heterocycles. The molecule has 1 aliphatic carbocycles. The monoisotopic (exact) mass is 512 g/mol. The summed E-state index contributed by atoms with van der Waals surface area (Å²) in [6, 6.07) is 37.5. The van der Waals surface area contributed by atoms with Crippen LogP contribution in [0.5, 0.6) is 0 Å². The molecule has 2 fully saturated rings. The zero-order chi connectivity index (χ0) is 26.7. The van der Waals surface area contributed by atoms with E-state index in [1.54, 1.807) is 5.56 Å². The predicted molar refractivity (Wildman–Crippen MR) is 164 cm³/mol. The topological polar surface area (TPSA) is 6.48 Å². The van der Waals surface area contributed by atoms with Crippen molar-refractivity contribution >= 4 is 11.4 Å². The SMILES string of the molecule is Cc1ccccc1N1C(c2c(C)cccc2C)N2c3ccccc3C(c3ccccc3)(C3CCCC3)C2[C@@H]1C. The number of benzene rings is 4. The maximum absolute atomic E-state index is 2.85. The van der Waals surface area contributed by atoms with Crippen LogP contribution >= 0.6 is 0 Å². The van der Waals surface area contributed by atoms with Gasteiger partial charge >= 0.3 is 0 Å². The van der Waals surface area contributed by atoms with E-state index in [1.807, 2.05) is 0 Å². The van der Waals surface area contributed by atoms with Gasteiger partial charge in [0, 0.05) is 22.4 Å². The van der Waals surface area contributed by atoms with Gasteiger partial charge < -0.3 is 9.80 Å². The van der Waals surface area contributed by atoms with E-state index in [9.17, 15) is 0 Å². The van der Waals surface area contributed by atoms with Crippen LogP contribution in [0.2, 0.25) is 0 Å². The van der Waals surface area contributed by atoms with Gasteiger partial charge in [-0.15, -0.1) is 0 Å². The first-order valence-corrected chi connectivity index (χ1v) is 14.9. The molecule has 1 saturated heterocycles. The molecule has 3 aliphatic rings. The van der Waals surface area contributed by atoms with E-state index in [0.717, 1.165) is 0 Å². The molecule has 0 radical (unpaired) electrons. The van der Waals surface area contributed by atoms with Gasteiger partial charge in [0.15, 0.2) is 0 Å². The molecule has 39 heavy (non-hydrogen) atoms. The number of aryl methyl sites for hydroxylation is 3. The van der Waals surface area contributed by atoms with Crippen molar-refractivity contribution in [2.24, 2.45) is 5.92 Å². The largest absolute Gasteiger partial charge is 0.342 e. The third kappa shape index (κ3) is 3.40. The summed E-state index contributed by atoms with van der Waals surface area (Å²) in [4.78, 5) is 5.63. The predicted octanol–water partition coefficient (Wildman–Crippen LogP) is 8.88. The van der Waals surface area contributed by atoms with E-state index in [4.69, 9.17) is 0 Å². The molecule has 0 amide bonds. The molecule has 2 nitrogen and oxygen atoms in total. The quantitative estimate of drug-likeness (QED) is 0.269. The molecule has 3 unspecified atom stereocenters. The van der Waals surface area contributed by atoms with Gasteiger partial charge in [-0.3, -0.25) is 0 Å². The van der Waals surface area contributed by atoms with Crippen molar-refractivity contribution in [3.05, 3.63) is 130 Å². The van der Waals surface area contributed by atoms with Crippen LogP contribution in [0.3, 0.4) is 0 Å². The fourth-order valence-corrected chi connectivity index (χ4v) is 8.82. The van der Waals surface area contributed by atoms with E-state index < -0.39 is 0 Å². The molecule has 198 valence electrons. The Morgan fingerprint density at radius 3 is 1.90 bits per heavy atom. The molecule has 0 spiro atoms. The Balaban J connectivity index is 1.56. The molecule has 7 rings (SSSR count). The summed E-state index contributed by atoms with van der Waals surface area (Å²) >= 11 is 0. The summed E-state index contributed by atoms with van der Waals surface area (Å²) in [6.07, 6.45) is 5.42. The highest BCUT2D eigenvalue weighted by molar-refractivity contribution is 5.76. The minimum Gasteiger partial charge on any atom is -0.342 e. The summed E-state index contributed by atoms with van der Waals surface area (Å²) in [6.45, 7) is 9.40. The van der Waals surface area contributed by atoms with Crippen molar-refractivity contribution in [3.63, 3.8) is 0 Å². The van der Waals surface area contributed by atoms with E-state index in [0.29, 0.717) is 18.0 Å². The molecular formula is C37H40N2. The average Bonchev–Trinajstić information content (AvgIpc) is 3.66. The van der Waals surface area contributed by atoms with Crippen molar-refractivity contribution < 1.29 is 0 Å². The first-order valence-electron chi connectivity index (χ1n) is 14.9. The van der Waals surface area contributed by atoms with E-state index in [-0.39, 0.29) is 11.6 Å². The summed E-state index contributed by atoms with van der Waals surface area (Å²) in [5.74, 6) is 0.633. The van der Waals surface area contributed by atoms with Crippen molar-refractivity contribution in [3.8, 4) is 0 Å². The van der Waals surface area contributed by atoms with E-state index >= 15 is 0 Å². The Labute approximate surface area is 234 Å². The normalized spacial score (nSPS) is 26.2. The number of fused-ring (bicyclic) bond motifs is 3. The lowest BCUT2D eigenvalue weighted by Crippen LogP contribution is -2.52. The molecule has 1 saturated carbocycles. The van der Waals surface area contributed by atoms with Gasteiger partial charge in [-0.05, 0) is 86.4 Å². The Morgan fingerprint density at radius 1 is 0.615 bits per heavy atom. The second kappa shape index (κ2) is 9.30. The molecule has 0 N–H and O–H groups in total. The number of para-hydroxylation sites is 2. The molecule has 2 heteroatoms. The van der Waals surface area contributed by atoms with Gasteiger partial charge in [0.1, 0.15) is 6.17 Å². The second-order valence-electron chi connectivity index (χ2n) is 12.2. The maximum Gasteiger partial charge on any atom is 0.129 e. The minimum atomic E-state index is -0.0416. The molecule has 0 bridgehead atoms. The summed E-state index contributed by atoms with van der Waals surface area (Å²) in [5.41, 5.74) is 11.3. The van der Waals surface area contributed by atoms with Gasteiger partial charge in [0.2, 0.25) is 0 Å². The zero-order valence-electron chi connectivity index (χ0n) is 23.8. The highest BCUT2D eigenvalue weighted by Gasteiger charge is 2.64. The summed E-state index contributed by atoms with van der Waals surface area (Å²) in [5, 5.41) is 0. The smallest absolute Gasteiger partial charge is 0.129 e. The van der Waals surface area contributed by atoms with Crippen LogP contribution in [0.15, 0.2) is 97.1 Å². The Bertz CT molecular complexity index is 1480. The fraction of sp³-hybridized carbons (Fsp3) is 0.351. The highest BCUT2D eigenvalue weighted by Crippen LogP contribution is 2.64. The third-order valence-electron chi connectivity index (χ3n) is 10.3. The molecule has 4 atom stereocenters. The van der Waals surface area contributed by atoms with Crippen LogP contribution in [-0.4, -0.2) is 12.1 Å². The van der Waals surface area contributed by atoms with E-state index in [1.165, 1.54) is 64.9 Å². The van der Waals surface area contributed by atoms with Crippen LogP contribution in [0.25, 0.3) is 0 Å². The first-order chi connectivity index (χ1) is 19.0. The summed E-state index contributed by atoms with van der Waals surface area (Å²) in [7, 11) is 0. The second-order valence-corrected chi connectivity index (χ2v) is 12.2. The molecule has 4 aromatic rings. The van der Waals surface area contributed by atoms with Crippen LogP contribution < -0.4 is 9.80 Å². The fourth-order valence-electron chi connectivity index (χ4n) is 8.82. The molecule has 4 aromatic carbocycles. The van der Waals surface area contributed by atoms with Gasteiger partial charge in [-0.2, -0.15) is 0 Å². The third-order valence-corrected chi connectivity index (χ3v) is 10.3. The van der Waals surface area contributed by atoms with Crippen molar-refractivity contribution in [1.82, 2.24) is 0 Å². The highest BCUT2D eigenvalue weighted by atomic mass is 15.5. The van der Waals surface area contributed by atoms with Crippen molar-refractivity contribution in [2.45, 2.75) is 77.0 Å². The number of hydrogen-bond acceptors (Lipinski definition) is 2. The Morgan fingerprint density at radius 2 is 1.21 bits per heavy atom. The first kappa shape index (κ1) is 24.5. The Kier molecular flexibility index (Phi) is 5.84. The number of rotatable bonds is 4. The van der Waals surface area contributed by atoms with E-state index in [2.05, 4.69) is 135 Å². The standard InChI is InChI=1S/C37H40N2/c1-25-15-8-12-23-32(25)38-28(4)35-37(30-20-9-10-21-30,29-18-6-5-7-19-29)31-22-11-13-24-33(31)39(35)36(38)34-26(2)16-14-17-27(34)3/h5-8,11-19,22-24,28,30,35-36H,9-10,20-21H2,1-4H3/t28-,35?,36?,37?/m0/s1. The van der Waals surface area contributed by atoms with Crippen LogP contribution in [-0.2, 0) is 5.41 Å². The maximum atomic E-state index is 2.85. The zero-order valence-corrected chi connectivity index (χ0v) is 23.8. The van der Waals surface area contributed by atoms with Gasteiger partial charge in [0.05, 0.1) is 12.1 Å². The molecular weight excluding hydrogens is 472 g/mol. The molecule has 2 heterocycles. The minimum absolute atomic E-state index is 0.0416.